The average Bonchev–Trinajstić information content (AvgIpc) is 3.86. The summed E-state index contributed by atoms with van der Waals surface area (Å²) in [6, 6.07) is 69.3. The number of anilines is 3. The second-order valence-electron chi connectivity index (χ2n) is 17.7. The van der Waals surface area contributed by atoms with Crippen LogP contribution in [0.5, 0.6) is 0 Å². The predicted octanol–water partition coefficient (Wildman–Crippen LogP) is 16.2. The Labute approximate surface area is 351 Å². The largest absolute Gasteiger partial charge is 0.455 e. The Morgan fingerprint density at radius 1 is 0.333 bits per heavy atom. The lowest BCUT2D eigenvalue weighted by Crippen LogP contribution is -2.18. The molecule has 10 aromatic rings. The fourth-order valence-electron chi connectivity index (χ4n) is 10.5. The van der Waals surface area contributed by atoms with Gasteiger partial charge in [-0.25, -0.2) is 0 Å². The third-order valence-electron chi connectivity index (χ3n) is 13.7. The number of rotatable bonds is 5. The first-order valence-electron chi connectivity index (χ1n) is 21.1. The summed E-state index contributed by atoms with van der Waals surface area (Å²) in [5, 5.41) is 4.65. The fraction of sp³-hybridized carbons (Fsp3) is 0.103. The molecule has 12 rings (SSSR count). The van der Waals surface area contributed by atoms with Crippen LogP contribution in [0.15, 0.2) is 192 Å². The Morgan fingerprint density at radius 3 is 1.45 bits per heavy atom. The summed E-state index contributed by atoms with van der Waals surface area (Å²) in [6.07, 6.45) is 0. The molecule has 2 heteroatoms. The third-order valence-corrected chi connectivity index (χ3v) is 13.7. The van der Waals surface area contributed by atoms with Crippen LogP contribution in [0.1, 0.15) is 49.9 Å². The van der Waals surface area contributed by atoms with E-state index in [4.69, 9.17) is 4.42 Å². The van der Waals surface area contributed by atoms with E-state index in [0.717, 1.165) is 44.4 Å². The van der Waals surface area contributed by atoms with Crippen LogP contribution < -0.4 is 4.90 Å². The van der Waals surface area contributed by atoms with E-state index in [9.17, 15) is 0 Å². The second-order valence-corrected chi connectivity index (χ2v) is 17.7. The number of para-hydroxylation sites is 2. The molecule has 2 aliphatic carbocycles. The van der Waals surface area contributed by atoms with Crippen LogP contribution in [0.2, 0.25) is 0 Å². The van der Waals surface area contributed by atoms with Gasteiger partial charge in [-0.05, 0) is 133 Å². The monoisotopic (exact) mass is 769 g/mol. The van der Waals surface area contributed by atoms with Gasteiger partial charge in [-0.3, -0.25) is 0 Å². The van der Waals surface area contributed by atoms with E-state index in [1.807, 2.05) is 6.07 Å². The van der Waals surface area contributed by atoms with Crippen molar-refractivity contribution in [2.75, 3.05) is 4.90 Å². The molecule has 9 aromatic carbocycles. The van der Waals surface area contributed by atoms with Gasteiger partial charge in [0.25, 0.3) is 0 Å². The topological polar surface area (TPSA) is 16.4 Å². The molecule has 0 unspecified atom stereocenters. The van der Waals surface area contributed by atoms with Crippen LogP contribution in [-0.2, 0) is 10.8 Å². The van der Waals surface area contributed by atoms with E-state index >= 15 is 0 Å². The van der Waals surface area contributed by atoms with Crippen molar-refractivity contribution in [2.45, 2.75) is 38.5 Å². The van der Waals surface area contributed by atoms with Gasteiger partial charge in [0.05, 0.1) is 0 Å². The Kier molecular flexibility index (Phi) is 7.36. The highest BCUT2D eigenvalue weighted by atomic mass is 16.3. The van der Waals surface area contributed by atoms with Crippen molar-refractivity contribution in [2.24, 2.45) is 0 Å². The molecule has 1 heterocycles. The highest BCUT2D eigenvalue weighted by Gasteiger charge is 2.38. The summed E-state index contributed by atoms with van der Waals surface area (Å²) in [4.78, 5) is 2.44. The van der Waals surface area contributed by atoms with Crippen molar-refractivity contribution >= 4 is 49.8 Å². The van der Waals surface area contributed by atoms with Gasteiger partial charge < -0.3 is 9.32 Å². The average molecular weight is 770 g/mol. The molecule has 0 saturated carbocycles. The smallest absolute Gasteiger partial charge is 0.143 e. The molecule has 2 nitrogen and oxygen atoms in total. The lowest BCUT2D eigenvalue weighted by atomic mass is 9.81. The van der Waals surface area contributed by atoms with Crippen LogP contribution in [-0.4, -0.2) is 0 Å². The minimum Gasteiger partial charge on any atom is -0.455 e. The highest BCUT2D eigenvalue weighted by molar-refractivity contribution is 6.19. The van der Waals surface area contributed by atoms with Gasteiger partial charge in [0.2, 0.25) is 0 Å². The van der Waals surface area contributed by atoms with E-state index < -0.39 is 0 Å². The van der Waals surface area contributed by atoms with E-state index in [0.29, 0.717) is 0 Å². The lowest BCUT2D eigenvalue weighted by molar-refractivity contribution is 0.660. The minimum absolute atomic E-state index is 0.159. The molecule has 60 heavy (non-hydrogen) atoms. The molecular weight excluding hydrogens is 727 g/mol. The molecule has 1 aromatic heterocycles. The maximum absolute atomic E-state index is 6.46. The van der Waals surface area contributed by atoms with Crippen LogP contribution >= 0.6 is 0 Å². The van der Waals surface area contributed by atoms with E-state index in [2.05, 4.69) is 215 Å². The maximum atomic E-state index is 6.46. The number of benzene rings is 9. The minimum atomic E-state index is -0.223. The summed E-state index contributed by atoms with van der Waals surface area (Å²) in [6.45, 7) is 9.54. The van der Waals surface area contributed by atoms with Crippen molar-refractivity contribution in [3.63, 3.8) is 0 Å². The molecule has 0 aliphatic heterocycles. The molecule has 0 radical (unpaired) electrons. The van der Waals surface area contributed by atoms with Gasteiger partial charge in [-0.1, -0.05) is 155 Å². The summed E-state index contributed by atoms with van der Waals surface area (Å²) < 4.78 is 6.46. The van der Waals surface area contributed by atoms with Crippen molar-refractivity contribution < 1.29 is 4.42 Å². The number of hydrogen-bond donors (Lipinski definition) is 0. The number of hydrogen-bond acceptors (Lipinski definition) is 2. The molecule has 0 atom stereocenters. The third kappa shape index (κ3) is 5.01. The zero-order valence-corrected chi connectivity index (χ0v) is 34.3. The lowest BCUT2D eigenvalue weighted by Gasteiger charge is -2.29. The van der Waals surface area contributed by atoms with Crippen LogP contribution in [0, 0.1) is 0 Å². The van der Waals surface area contributed by atoms with E-state index in [1.165, 1.54) is 72.1 Å². The fourth-order valence-corrected chi connectivity index (χ4v) is 10.5. The summed E-state index contributed by atoms with van der Waals surface area (Å²) in [5.41, 5.74) is 20.6. The van der Waals surface area contributed by atoms with E-state index in [1.54, 1.807) is 0 Å². The summed E-state index contributed by atoms with van der Waals surface area (Å²) in [5.74, 6) is 0. The molecule has 0 N–H and O–H groups in total. The van der Waals surface area contributed by atoms with Crippen LogP contribution in [0.25, 0.3) is 77.2 Å². The van der Waals surface area contributed by atoms with Crippen molar-refractivity contribution in [3.05, 3.63) is 210 Å². The first-order chi connectivity index (χ1) is 29.3. The maximum Gasteiger partial charge on any atom is 0.143 e. The SMILES string of the molecule is CC1(C)c2cc(-c3ccccc3)ccc2-c2ccc(N(c3ccccc3)c3ccc4c(c3)C(C)(C)c3cc(-c5cc6c7ccccc7oc6c6ccccc56)ccc3-4)cc21. The molecule has 0 amide bonds. The summed E-state index contributed by atoms with van der Waals surface area (Å²) in [7, 11) is 0. The molecule has 2 aliphatic rings. The Morgan fingerprint density at radius 2 is 0.817 bits per heavy atom. The van der Waals surface area contributed by atoms with Crippen molar-refractivity contribution in [1.82, 2.24) is 0 Å². The first kappa shape index (κ1) is 34.8. The molecule has 0 fully saturated rings. The molecule has 0 spiro atoms. The van der Waals surface area contributed by atoms with Gasteiger partial charge in [0, 0.05) is 44.1 Å². The zero-order valence-electron chi connectivity index (χ0n) is 34.3. The molecule has 0 bridgehead atoms. The highest BCUT2D eigenvalue weighted by Crippen LogP contribution is 2.54. The quantitative estimate of drug-likeness (QED) is 0.173. The Hall–Kier alpha value is -7.16. The van der Waals surface area contributed by atoms with Crippen LogP contribution in [0.3, 0.4) is 0 Å². The van der Waals surface area contributed by atoms with Gasteiger partial charge in [0.1, 0.15) is 11.2 Å². The zero-order chi connectivity index (χ0) is 40.3. The van der Waals surface area contributed by atoms with Gasteiger partial charge >= 0.3 is 0 Å². The van der Waals surface area contributed by atoms with Crippen LogP contribution in [0.4, 0.5) is 17.1 Å². The van der Waals surface area contributed by atoms with Gasteiger partial charge in [-0.15, -0.1) is 0 Å². The second kappa shape index (κ2) is 12.7. The number of furan rings is 1. The molecule has 286 valence electrons. The van der Waals surface area contributed by atoms with Crippen molar-refractivity contribution in [3.8, 4) is 44.5 Å². The van der Waals surface area contributed by atoms with E-state index in [-0.39, 0.29) is 10.8 Å². The number of fused-ring (bicyclic) bond motifs is 11. The standard InChI is InChI=1S/C58H43NO/c1-57(2)51-31-37(36-15-7-5-8-16-36)23-27-43(51)45-29-25-40(33-53(45)57)59(39-17-9-6-10-18-39)41-26-30-46-44-28-24-38(32-52(44)58(3,4)54(46)34-41)49-35-50-47-20-13-14-22-55(47)60-56(50)48-21-12-11-19-42(48)49/h5-35H,1-4H3. The Bertz CT molecular complexity index is 3370. The summed E-state index contributed by atoms with van der Waals surface area (Å²) >= 11 is 0. The van der Waals surface area contributed by atoms with Crippen molar-refractivity contribution in [1.29, 1.82) is 0 Å². The van der Waals surface area contributed by atoms with Gasteiger partial charge in [-0.2, -0.15) is 0 Å². The number of nitrogens with zero attached hydrogens (tertiary/aromatic N) is 1. The first-order valence-corrected chi connectivity index (χ1v) is 21.1. The normalized spacial score (nSPS) is 14.3. The molecular formula is C58H43NO. The Balaban J connectivity index is 0.958. The predicted molar refractivity (Wildman–Crippen MR) is 252 cm³/mol. The molecule has 0 saturated heterocycles. The van der Waals surface area contributed by atoms with Gasteiger partial charge in [0.15, 0.2) is 0 Å².